The minimum Gasteiger partial charge on any atom is -0.495 e. The number of rotatable bonds is 3. The molecule has 0 saturated heterocycles. The Morgan fingerprint density at radius 2 is 1.95 bits per heavy atom. The van der Waals surface area contributed by atoms with Crippen molar-refractivity contribution in [2.24, 2.45) is 0 Å². The van der Waals surface area contributed by atoms with Crippen LogP contribution in [0.25, 0.3) is 0 Å². The first-order chi connectivity index (χ1) is 9.92. The maximum absolute atomic E-state index is 12.3. The van der Waals surface area contributed by atoms with Crippen LogP contribution in [0.5, 0.6) is 5.75 Å². The summed E-state index contributed by atoms with van der Waals surface area (Å²) < 4.78 is 5.86. The van der Waals surface area contributed by atoms with E-state index in [0.717, 1.165) is 5.56 Å². The third-order valence-corrected chi connectivity index (χ3v) is 4.20. The highest BCUT2D eigenvalue weighted by Crippen LogP contribution is 2.32. The molecule has 0 spiro atoms. The molecule has 0 heterocycles. The molecular formula is C15H12BrCl2NO2. The summed E-state index contributed by atoms with van der Waals surface area (Å²) in [5, 5.41) is 3.95. The predicted molar refractivity (Wildman–Crippen MR) is 89.8 cm³/mol. The number of halogens is 3. The van der Waals surface area contributed by atoms with Crippen LogP contribution in [0.4, 0.5) is 5.69 Å². The van der Waals surface area contributed by atoms with E-state index in [1.165, 1.54) is 7.11 Å². The van der Waals surface area contributed by atoms with Crippen molar-refractivity contribution in [1.82, 2.24) is 0 Å². The molecule has 0 unspecified atom stereocenters. The Bertz CT molecular complexity index is 704. The largest absolute Gasteiger partial charge is 0.495 e. The number of hydrogen-bond acceptors (Lipinski definition) is 2. The minimum atomic E-state index is -0.265. The van der Waals surface area contributed by atoms with E-state index in [0.29, 0.717) is 31.5 Å². The van der Waals surface area contributed by atoms with Gasteiger partial charge in [-0.15, -0.1) is 0 Å². The van der Waals surface area contributed by atoms with Crippen LogP contribution in [0.1, 0.15) is 15.9 Å². The van der Waals surface area contributed by atoms with E-state index >= 15 is 0 Å². The molecule has 0 fully saturated rings. The summed E-state index contributed by atoms with van der Waals surface area (Å²) in [7, 11) is 1.52. The van der Waals surface area contributed by atoms with Gasteiger partial charge in [-0.25, -0.2) is 0 Å². The van der Waals surface area contributed by atoms with Crippen LogP contribution in [0.2, 0.25) is 10.0 Å². The number of ether oxygens (including phenoxy) is 1. The highest BCUT2D eigenvalue weighted by atomic mass is 79.9. The molecule has 6 heteroatoms. The van der Waals surface area contributed by atoms with Gasteiger partial charge in [0, 0.05) is 20.6 Å². The summed E-state index contributed by atoms with van der Waals surface area (Å²) in [6.07, 6.45) is 0. The van der Waals surface area contributed by atoms with E-state index in [9.17, 15) is 4.79 Å². The van der Waals surface area contributed by atoms with Gasteiger partial charge in [-0.05, 0) is 52.7 Å². The second kappa shape index (κ2) is 6.69. The second-order valence-electron chi connectivity index (χ2n) is 4.38. The van der Waals surface area contributed by atoms with Gasteiger partial charge in [0.05, 0.1) is 18.4 Å². The monoisotopic (exact) mass is 387 g/mol. The van der Waals surface area contributed by atoms with Crippen molar-refractivity contribution < 1.29 is 9.53 Å². The Hall–Kier alpha value is -1.23. The first-order valence-corrected chi connectivity index (χ1v) is 7.58. The lowest BCUT2D eigenvalue weighted by atomic mass is 10.1. The maximum Gasteiger partial charge on any atom is 0.256 e. The second-order valence-corrected chi connectivity index (χ2v) is 6.08. The maximum atomic E-state index is 12.3. The zero-order chi connectivity index (χ0) is 15.6. The van der Waals surface area contributed by atoms with E-state index in [1.807, 2.05) is 6.92 Å². The van der Waals surface area contributed by atoms with Crippen LogP contribution < -0.4 is 10.1 Å². The fourth-order valence-electron chi connectivity index (χ4n) is 1.79. The van der Waals surface area contributed by atoms with Crippen LogP contribution in [0.3, 0.4) is 0 Å². The molecule has 3 nitrogen and oxygen atoms in total. The van der Waals surface area contributed by atoms with Crippen molar-refractivity contribution in [3.05, 3.63) is 56.0 Å². The highest BCUT2D eigenvalue weighted by Gasteiger charge is 2.14. The number of anilines is 1. The van der Waals surface area contributed by atoms with Gasteiger partial charge in [0.15, 0.2) is 0 Å². The van der Waals surface area contributed by atoms with Crippen LogP contribution in [-0.2, 0) is 0 Å². The van der Waals surface area contributed by atoms with E-state index in [4.69, 9.17) is 27.9 Å². The third-order valence-electron chi connectivity index (χ3n) is 2.90. The zero-order valence-electron chi connectivity index (χ0n) is 11.3. The molecule has 110 valence electrons. The smallest absolute Gasteiger partial charge is 0.256 e. The molecular weight excluding hydrogens is 377 g/mol. The molecule has 0 saturated carbocycles. The summed E-state index contributed by atoms with van der Waals surface area (Å²) in [5.41, 5.74) is 1.89. The van der Waals surface area contributed by atoms with Gasteiger partial charge in [0.25, 0.3) is 5.91 Å². The quantitative estimate of drug-likeness (QED) is 0.771. The molecule has 0 radical (unpaired) electrons. The average Bonchev–Trinajstić information content (AvgIpc) is 2.42. The Labute approximate surface area is 141 Å². The van der Waals surface area contributed by atoms with Crippen LogP contribution in [0.15, 0.2) is 34.8 Å². The summed E-state index contributed by atoms with van der Waals surface area (Å²) in [5.74, 6) is 0.239. The molecule has 2 aromatic carbocycles. The average molecular weight is 389 g/mol. The number of carbonyl (C=O) groups excluding carboxylic acids is 1. The Kier molecular flexibility index (Phi) is 5.14. The Morgan fingerprint density at radius 1 is 1.24 bits per heavy atom. The van der Waals surface area contributed by atoms with Gasteiger partial charge in [0.2, 0.25) is 0 Å². The van der Waals surface area contributed by atoms with Crippen molar-refractivity contribution in [2.75, 3.05) is 12.4 Å². The lowest BCUT2D eigenvalue weighted by Gasteiger charge is -2.13. The van der Waals surface area contributed by atoms with Gasteiger partial charge >= 0.3 is 0 Å². The predicted octanol–water partition coefficient (Wildman–Crippen LogP) is 5.33. The topological polar surface area (TPSA) is 38.3 Å². The zero-order valence-corrected chi connectivity index (χ0v) is 14.4. The number of benzene rings is 2. The molecule has 0 aliphatic carbocycles. The van der Waals surface area contributed by atoms with E-state index in [1.54, 1.807) is 30.3 Å². The number of amides is 1. The van der Waals surface area contributed by atoms with Gasteiger partial charge in [-0.3, -0.25) is 4.79 Å². The van der Waals surface area contributed by atoms with Crippen molar-refractivity contribution in [3.63, 3.8) is 0 Å². The molecule has 0 aromatic heterocycles. The SMILES string of the molecule is COc1cc(Cl)c(C)cc1NC(=O)c1ccc(Cl)cc1Br. The third kappa shape index (κ3) is 3.70. The van der Waals surface area contributed by atoms with E-state index < -0.39 is 0 Å². The molecule has 2 rings (SSSR count). The first-order valence-electron chi connectivity index (χ1n) is 6.03. The van der Waals surface area contributed by atoms with Crippen molar-refractivity contribution >= 4 is 50.7 Å². The minimum absolute atomic E-state index is 0.265. The number of hydrogen-bond donors (Lipinski definition) is 1. The number of aryl methyl sites for hydroxylation is 1. The standard InChI is InChI=1S/C15H12BrCl2NO2/c1-8-5-13(14(21-2)7-12(8)18)19-15(20)10-4-3-9(17)6-11(10)16/h3-7H,1-2H3,(H,19,20). The van der Waals surface area contributed by atoms with E-state index in [2.05, 4.69) is 21.2 Å². The lowest BCUT2D eigenvalue weighted by Crippen LogP contribution is -2.13. The summed E-state index contributed by atoms with van der Waals surface area (Å²) in [4.78, 5) is 12.3. The molecule has 0 aliphatic heterocycles. The van der Waals surface area contributed by atoms with Crippen LogP contribution >= 0.6 is 39.1 Å². The first kappa shape index (κ1) is 16.1. The molecule has 1 amide bonds. The molecule has 1 N–H and O–H groups in total. The fourth-order valence-corrected chi connectivity index (χ4v) is 2.81. The fraction of sp³-hybridized carbons (Fsp3) is 0.133. The van der Waals surface area contributed by atoms with E-state index in [-0.39, 0.29) is 5.91 Å². The number of carbonyl (C=O) groups is 1. The normalized spacial score (nSPS) is 10.3. The Balaban J connectivity index is 2.33. The molecule has 2 aromatic rings. The highest BCUT2D eigenvalue weighted by molar-refractivity contribution is 9.10. The molecule has 0 aliphatic rings. The summed E-state index contributed by atoms with van der Waals surface area (Å²) >= 11 is 15.2. The number of methoxy groups -OCH3 is 1. The van der Waals surface area contributed by atoms with Gasteiger partial charge in [0.1, 0.15) is 5.75 Å². The molecule has 0 bridgehead atoms. The molecule has 0 atom stereocenters. The number of nitrogens with one attached hydrogen (secondary N) is 1. The van der Waals surface area contributed by atoms with Crippen LogP contribution in [0, 0.1) is 6.92 Å². The van der Waals surface area contributed by atoms with Crippen molar-refractivity contribution in [1.29, 1.82) is 0 Å². The summed E-state index contributed by atoms with van der Waals surface area (Å²) in [6, 6.07) is 8.41. The van der Waals surface area contributed by atoms with Gasteiger partial charge in [-0.1, -0.05) is 23.2 Å². The molecule has 21 heavy (non-hydrogen) atoms. The van der Waals surface area contributed by atoms with Crippen LogP contribution in [-0.4, -0.2) is 13.0 Å². The summed E-state index contributed by atoms with van der Waals surface area (Å²) in [6.45, 7) is 1.86. The van der Waals surface area contributed by atoms with Crippen molar-refractivity contribution in [3.8, 4) is 5.75 Å². The lowest BCUT2D eigenvalue weighted by molar-refractivity contribution is 0.102. The Morgan fingerprint density at radius 3 is 2.57 bits per heavy atom. The van der Waals surface area contributed by atoms with Gasteiger partial charge in [-0.2, -0.15) is 0 Å². The van der Waals surface area contributed by atoms with Crippen molar-refractivity contribution in [2.45, 2.75) is 6.92 Å². The van der Waals surface area contributed by atoms with Gasteiger partial charge < -0.3 is 10.1 Å².